The molecular weight excluding hydrogens is 162 g/mol. The number of hydroxylamine groups is 1. The van der Waals surface area contributed by atoms with Crippen LogP contribution in [0.15, 0.2) is 36.0 Å². The second-order valence-corrected chi connectivity index (χ2v) is 3.35. The van der Waals surface area contributed by atoms with Crippen molar-refractivity contribution in [3.63, 3.8) is 0 Å². The summed E-state index contributed by atoms with van der Waals surface area (Å²) >= 11 is 0. The second kappa shape index (κ2) is 3.23. The maximum Gasteiger partial charge on any atom is 0.131 e. The van der Waals surface area contributed by atoms with E-state index in [2.05, 4.69) is 30.6 Å². The molecule has 1 aliphatic heterocycles. The van der Waals surface area contributed by atoms with E-state index in [0.717, 1.165) is 5.70 Å². The van der Waals surface area contributed by atoms with E-state index >= 15 is 0 Å². The number of allylic oxidation sites excluding steroid dienone is 1. The van der Waals surface area contributed by atoms with E-state index in [1.54, 1.807) is 0 Å². The van der Waals surface area contributed by atoms with E-state index < -0.39 is 0 Å². The molecule has 0 amide bonds. The van der Waals surface area contributed by atoms with E-state index in [4.69, 9.17) is 4.84 Å². The lowest BCUT2D eigenvalue weighted by atomic mass is 10.0. The Bertz CT molecular complexity index is 344. The maximum atomic E-state index is 5.39. The number of rotatable bonds is 1. The van der Waals surface area contributed by atoms with Gasteiger partial charge in [-0.1, -0.05) is 24.3 Å². The Hall–Kier alpha value is -1.28. The van der Waals surface area contributed by atoms with Crippen molar-refractivity contribution in [1.29, 1.82) is 0 Å². The van der Waals surface area contributed by atoms with Gasteiger partial charge in [0.2, 0.25) is 0 Å². The first-order valence-corrected chi connectivity index (χ1v) is 4.43. The number of aryl methyl sites for hydroxylation is 1. The summed E-state index contributed by atoms with van der Waals surface area (Å²) < 4.78 is 0. The van der Waals surface area contributed by atoms with Crippen LogP contribution in [-0.2, 0) is 4.84 Å². The Morgan fingerprint density at radius 2 is 2.00 bits per heavy atom. The molecule has 0 spiro atoms. The Labute approximate surface area is 78.2 Å². The third-order valence-electron chi connectivity index (χ3n) is 2.24. The van der Waals surface area contributed by atoms with Crippen molar-refractivity contribution >= 4 is 0 Å². The number of nitrogens with one attached hydrogen (secondary N) is 1. The molecule has 0 radical (unpaired) electrons. The minimum Gasteiger partial charge on any atom is -0.271 e. The molecule has 13 heavy (non-hydrogen) atoms. The SMILES string of the molecule is CC1=CC(c2ccccc2C)ON1. The molecule has 2 heteroatoms. The lowest BCUT2D eigenvalue weighted by molar-refractivity contribution is 0.0418. The van der Waals surface area contributed by atoms with Crippen molar-refractivity contribution in [1.82, 2.24) is 5.48 Å². The van der Waals surface area contributed by atoms with Crippen LogP contribution in [0.25, 0.3) is 0 Å². The van der Waals surface area contributed by atoms with E-state index in [-0.39, 0.29) is 6.10 Å². The summed E-state index contributed by atoms with van der Waals surface area (Å²) in [7, 11) is 0. The minimum atomic E-state index is 0.0706. The highest BCUT2D eigenvalue weighted by Gasteiger charge is 2.16. The van der Waals surface area contributed by atoms with Gasteiger partial charge in [0.25, 0.3) is 0 Å². The molecule has 68 valence electrons. The van der Waals surface area contributed by atoms with Gasteiger partial charge in [0.15, 0.2) is 0 Å². The zero-order valence-electron chi connectivity index (χ0n) is 7.87. The lowest BCUT2D eigenvalue weighted by Crippen LogP contribution is -2.06. The van der Waals surface area contributed by atoms with Crippen molar-refractivity contribution in [2.24, 2.45) is 0 Å². The molecular formula is C11H13NO. The van der Waals surface area contributed by atoms with Crippen LogP contribution in [0.5, 0.6) is 0 Å². The van der Waals surface area contributed by atoms with Crippen LogP contribution in [-0.4, -0.2) is 0 Å². The van der Waals surface area contributed by atoms with Crippen LogP contribution in [0.2, 0.25) is 0 Å². The van der Waals surface area contributed by atoms with Gasteiger partial charge in [-0.2, -0.15) is 0 Å². The van der Waals surface area contributed by atoms with Gasteiger partial charge in [-0.25, -0.2) is 0 Å². The van der Waals surface area contributed by atoms with Crippen LogP contribution in [0, 0.1) is 6.92 Å². The normalized spacial score (nSPS) is 21.1. The van der Waals surface area contributed by atoms with Gasteiger partial charge in [-0.05, 0) is 31.1 Å². The molecule has 0 aromatic heterocycles. The van der Waals surface area contributed by atoms with Gasteiger partial charge in [0, 0.05) is 5.70 Å². The van der Waals surface area contributed by atoms with Crippen LogP contribution in [0.4, 0.5) is 0 Å². The zero-order chi connectivity index (χ0) is 9.26. The highest BCUT2D eigenvalue weighted by Crippen LogP contribution is 2.25. The molecule has 1 N–H and O–H groups in total. The molecule has 0 saturated heterocycles. The fourth-order valence-electron chi connectivity index (χ4n) is 1.51. The molecule has 1 aliphatic rings. The standard InChI is InChI=1S/C11H13NO/c1-8-5-3-4-6-10(8)11-7-9(2)12-13-11/h3-7,11-12H,1-2H3. The third-order valence-corrected chi connectivity index (χ3v) is 2.24. The van der Waals surface area contributed by atoms with Crippen LogP contribution < -0.4 is 5.48 Å². The van der Waals surface area contributed by atoms with Crippen molar-refractivity contribution in [3.8, 4) is 0 Å². The summed E-state index contributed by atoms with van der Waals surface area (Å²) in [5.41, 5.74) is 6.43. The highest BCUT2D eigenvalue weighted by molar-refractivity contribution is 5.31. The second-order valence-electron chi connectivity index (χ2n) is 3.35. The van der Waals surface area contributed by atoms with Gasteiger partial charge in [-0.15, -0.1) is 0 Å². The predicted octanol–water partition coefficient (Wildman–Crippen LogP) is 2.47. The van der Waals surface area contributed by atoms with Crippen LogP contribution in [0.3, 0.4) is 0 Å². The van der Waals surface area contributed by atoms with Gasteiger partial charge < -0.3 is 0 Å². The Morgan fingerprint density at radius 3 is 2.62 bits per heavy atom. The van der Waals surface area contributed by atoms with Crippen molar-refractivity contribution in [2.75, 3.05) is 0 Å². The molecule has 2 nitrogen and oxygen atoms in total. The molecule has 1 unspecified atom stereocenters. The van der Waals surface area contributed by atoms with Gasteiger partial charge in [-0.3, -0.25) is 10.3 Å². The van der Waals surface area contributed by atoms with Gasteiger partial charge >= 0.3 is 0 Å². The molecule has 1 atom stereocenters. The van der Waals surface area contributed by atoms with Crippen molar-refractivity contribution in [3.05, 3.63) is 47.2 Å². The van der Waals surface area contributed by atoms with E-state index in [1.165, 1.54) is 11.1 Å². The topological polar surface area (TPSA) is 21.3 Å². The van der Waals surface area contributed by atoms with Crippen molar-refractivity contribution in [2.45, 2.75) is 20.0 Å². The summed E-state index contributed by atoms with van der Waals surface area (Å²) in [5.74, 6) is 0. The van der Waals surface area contributed by atoms with E-state index in [0.29, 0.717) is 0 Å². The fourth-order valence-corrected chi connectivity index (χ4v) is 1.51. The van der Waals surface area contributed by atoms with E-state index in [9.17, 15) is 0 Å². The quantitative estimate of drug-likeness (QED) is 0.708. The molecule has 0 bridgehead atoms. The maximum absolute atomic E-state index is 5.39. The van der Waals surface area contributed by atoms with Gasteiger partial charge in [0.05, 0.1) is 0 Å². The molecule has 1 aromatic rings. The molecule has 0 aliphatic carbocycles. The number of hydrogen-bond acceptors (Lipinski definition) is 2. The third kappa shape index (κ3) is 1.58. The first-order chi connectivity index (χ1) is 6.27. The average Bonchev–Trinajstić information content (AvgIpc) is 2.53. The number of benzene rings is 1. The smallest absolute Gasteiger partial charge is 0.131 e. The first-order valence-electron chi connectivity index (χ1n) is 4.43. The monoisotopic (exact) mass is 175 g/mol. The summed E-state index contributed by atoms with van der Waals surface area (Å²) in [6.07, 6.45) is 2.16. The van der Waals surface area contributed by atoms with Gasteiger partial charge in [0.1, 0.15) is 6.10 Å². The summed E-state index contributed by atoms with van der Waals surface area (Å²) in [6, 6.07) is 8.27. The summed E-state index contributed by atoms with van der Waals surface area (Å²) in [6.45, 7) is 4.10. The fraction of sp³-hybridized carbons (Fsp3) is 0.273. The molecule has 1 heterocycles. The largest absolute Gasteiger partial charge is 0.271 e. The zero-order valence-corrected chi connectivity index (χ0v) is 7.87. The summed E-state index contributed by atoms with van der Waals surface area (Å²) in [5, 5.41) is 0. The Morgan fingerprint density at radius 1 is 1.23 bits per heavy atom. The molecule has 0 fully saturated rings. The Balaban J connectivity index is 2.31. The van der Waals surface area contributed by atoms with Crippen molar-refractivity contribution < 1.29 is 4.84 Å². The predicted molar refractivity (Wildman–Crippen MR) is 51.9 cm³/mol. The van der Waals surface area contributed by atoms with E-state index in [1.807, 2.05) is 19.1 Å². The van der Waals surface area contributed by atoms with Crippen LogP contribution >= 0.6 is 0 Å². The molecule has 2 rings (SSSR count). The Kier molecular flexibility index (Phi) is 2.07. The first kappa shape index (κ1) is 8.32. The van der Waals surface area contributed by atoms with Crippen LogP contribution in [0.1, 0.15) is 24.2 Å². The summed E-state index contributed by atoms with van der Waals surface area (Å²) in [4.78, 5) is 5.39. The minimum absolute atomic E-state index is 0.0706. The highest BCUT2D eigenvalue weighted by atomic mass is 16.7. The number of hydrogen-bond donors (Lipinski definition) is 1. The average molecular weight is 175 g/mol. The molecule has 0 saturated carbocycles. The molecule has 1 aromatic carbocycles. The lowest BCUT2D eigenvalue weighted by Gasteiger charge is -2.10.